The van der Waals surface area contributed by atoms with E-state index in [0.717, 1.165) is 38.6 Å². The Morgan fingerprint density at radius 2 is 1.40 bits per heavy atom. The lowest BCUT2D eigenvalue weighted by Crippen LogP contribution is -2.51. The van der Waals surface area contributed by atoms with Gasteiger partial charge in [0.05, 0.1) is 32.7 Å². The van der Waals surface area contributed by atoms with Crippen LogP contribution >= 0.6 is 45.2 Å². The summed E-state index contributed by atoms with van der Waals surface area (Å²) in [4.78, 5) is 27.0. The Balaban J connectivity index is 0.000000171. The minimum Gasteiger partial charge on any atom is -0.469 e. The summed E-state index contributed by atoms with van der Waals surface area (Å²) < 4.78 is 25.2. The largest absolute Gasteiger partial charge is 0.469 e. The second-order valence-corrected chi connectivity index (χ2v) is 14.5. The van der Waals surface area contributed by atoms with Crippen LogP contribution in [0.25, 0.3) is 0 Å². The van der Waals surface area contributed by atoms with Crippen molar-refractivity contribution in [3.63, 3.8) is 0 Å². The van der Waals surface area contributed by atoms with Crippen molar-refractivity contribution >= 4 is 57.1 Å². The van der Waals surface area contributed by atoms with Gasteiger partial charge in [0.15, 0.2) is 0 Å². The molecule has 8 atom stereocenters. The Morgan fingerprint density at radius 1 is 0.833 bits per heavy atom. The zero-order valence-corrected chi connectivity index (χ0v) is 28.6. The Hall–Kier alpha value is -1.31. The molecule has 4 aliphatic rings. The van der Waals surface area contributed by atoms with E-state index in [1.807, 2.05) is 0 Å². The highest BCUT2D eigenvalue weighted by atomic mass is 127. The number of esters is 2. The lowest BCUT2D eigenvalue weighted by molar-refractivity contribution is -0.151. The topological polar surface area (TPSA) is 67.9 Å². The molecule has 228 valence electrons. The van der Waals surface area contributed by atoms with Crippen LogP contribution < -0.4 is 5.32 Å². The maximum absolute atomic E-state index is 12.6. The summed E-state index contributed by atoms with van der Waals surface area (Å²) in [5, 5.41) is 3.56. The van der Waals surface area contributed by atoms with Crippen molar-refractivity contribution in [1.82, 2.24) is 10.2 Å². The van der Waals surface area contributed by atoms with Crippen LogP contribution in [-0.2, 0) is 19.1 Å². The minimum atomic E-state index is -0.292. The Kier molecular flexibility index (Phi) is 11.2. The van der Waals surface area contributed by atoms with Crippen molar-refractivity contribution in [2.75, 3.05) is 27.4 Å². The summed E-state index contributed by atoms with van der Waals surface area (Å²) in [5.74, 6) is 0.134. The number of fused-ring (bicyclic) bond motifs is 4. The van der Waals surface area contributed by atoms with Crippen LogP contribution in [-0.4, -0.2) is 68.4 Å². The number of hydrogen-bond acceptors (Lipinski definition) is 6. The highest BCUT2D eigenvalue weighted by Gasteiger charge is 2.50. The highest BCUT2D eigenvalue weighted by molar-refractivity contribution is 14.1. The maximum atomic E-state index is 12.6. The number of carbonyl (C=O) groups excluding carboxylic acids is 2. The van der Waals surface area contributed by atoms with E-state index in [4.69, 9.17) is 9.47 Å². The normalized spacial score (nSPS) is 31.6. The van der Waals surface area contributed by atoms with Gasteiger partial charge in [-0.2, -0.15) is 0 Å². The van der Waals surface area contributed by atoms with E-state index < -0.39 is 0 Å². The number of carbonyl (C=O) groups is 2. The predicted octanol–water partition coefficient (Wildman–Crippen LogP) is 6.45. The molecule has 6 nitrogen and oxygen atoms in total. The first-order chi connectivity index (χ1) is 20.3. The average molecular weight is 803 g/mol. The van der Waals surface area contributed by atoms with Crippen LogP contribution in [0.4, 0.5) is 4.39 Å². The smallest absolute Gasteiger partial charge is 0.310 e. The fourth-order valence-corrected chi connectivity index (χ4v) is 8.70. The third-order valence-electron chi connectivity index (χ3n) is 9.84. The molecule has 2 aromatic rings. The van der Waals surface area contributed by atoms with E-state index in [2.05, 4.69) is 104 Å². The molecule has 4 heterocycles. The van der Waals surface area contributed by atoms with Crippen molar-refractivity contribution in [2.45, 2.75) is 80.9 Å². The third-order valence-corrected chi connectivity index (χ3v) is 11.3. The van der Waals surface area contributed by atoms with Gasteiger partial charge in [0.2, 0.25) is 0 Å². The van der Waals surface area contributed by atoms with Crippen molar-refractivity contribution in [1.29, 1.82) is 0 Å². The Morgan fingerprint density at radius 3 is 1.98 bits per heavy atom. The molecule has 0 saturated carbocycles. The number of methoxy groups -OCH3 is 2. The molecule has 0 spiro atoms. The van der Waals surface area contributed by atoms with Gasteiger partial charge in [0, 0.05) is 49.7 Å². The lowest BCUT2D eigenvalue weighted by atomic mass is 9.76. The first-order valence-corrected chi connectivity index (χ1v) is 17.2. The Bertz CT molecular complexity index is 1210. The van der Waals surface area contributed by atoms with Gasteiger partial charge in [-0.15, -0.1) is 0 Å². The van der Waals surface area contributed by atoms with Gasteiger partial charge in [-0.3, -0.25) is 18.9 Å². The van der Waals surface area contributed by atoms with E-state index in [0.29, 0.717) is 24.4 Å². The molecule has 0 radical (unpaired) electrons. The molecule has 4 saturated heterocycles. The molecule has 0 aliphatic carbocycles. The summed E-state index contributed by atoms with van der Waals surface area (Å²) in [6.45, 7) is 0.456. The quantitative estimate of drug-likeness (QED) is 0.257. The first-order valence-electron chi connectivity index (χ1n) is 15.1. The monoisotopic (exact) mass is 802 g/mol. The van der Waals surface area contributed by atoms with E-state index in [1.165, 1.54) is 38.9 Å². The van der Waals surface area contributed by atoms with E-state index in [9.17, 15) is 14.0 Å². The van der Waals surface area contributed by atoms with Crippen LogP contribution in [0.1, 0.15) is 67.9 Å². The van der Waals surface area contributed by atoms with E-state index in [-0.39, 0.29) is 48.5 Å². The number of hydrogen-bond donors (Lipinski definition) is 1. The van der Waals surface area contributed by atoms with Crippen molar-refractivity contribution in [2.24, 2.45) is 11.8 Å². The van der Waals surface area contributed by atoms with Crippen molar-refractivity contribution < 1.29 is 23.5 Å². The molecule has 4 bridgehead atoms. The average Bonchev–Trinajstić information content (AvgIpc) is 3.52. The van der Waals surface area contributed by atoms with Crippen LogP contribution in [0.5, 0.6) is 0 Å². The zero-order chi connectivity index (χ0) is 29.8. The SMILES string of the molecule is COC(=O)[C@H]1[C@@H](c2ccc(I)cc2)C[C@@H]2CC[C@H]1N2.COC(=O)[C@H]1[C@@H](c2ccc(I)cc2)C[C@@H]2CC[C@H]1N2CCCF. The number of nitrogens with one attached hydrogen (secondary N) is 1. The second kappa shape index (κ2) is 14.6. The summed E-state index contributed by atoms with van der Waals surface area (Å²) >= 11 is 4.61. The second-order valence-electron chi connectivity index (χ2n) is 12.0. The van der Waals surface area contributed by atoms with Gasteiger partial charge >= 0.3 is 11.9 Å². The summed E-state index contributed by atoms with van der Waals surface area (Å²) in [6, 6.07) is 18.5. The molecule has 0 aromatic heterocycles. The standard InChI is InChI=1S/C18H23FINO2.C15H18INO2/c1-23-18(22)17-15(12-3-5-13(20)6-4-12)11-14-7-8-16(17)21(14)10-2-9-19;1-19-15(18)14-12(8-11-6-7-13(14)17-11)9-2-4-10(16)5-3-9/h3-6,14-17H,2,7-11H2,1H3;2-5,11-14,17H,6-8H2,1H3/t14-,15+,16+,17-;11-,12+,13+,14-/m00/s1. The Labute approximate surface area is 276 Å². The highest BCUT2D eigenvalue weighted by Crippen LogP contribution is 2.47. The number of piperidine rings is 2. The van der Waals surface area contributed by atoms with Crippen LogP contribution in [0, 0.1) is 19.0 Å². The number of halogens is 3. The van der Waals surface area contributed by atoms with Crippen LogP contribution in [0.3, 0.4) is 0 Å². The van der Waals surface area contributed by atoms with Gasteiger partial charge in [-0.1, -0.05) is 24.3 Å². The zero-order valence-electron chi connectivity index (χ0n) is 24.3. The lowest BCUT2D eigenvalue weighted by Gasteiger charge is -2.43. The molecule has 4 fully saturated rings. The van der Waals surface area contributed by atoms with Gasteiger partial charge in [-0.25, -0.2) is 0 Å². The fourth-order valence-electron chi connectivity index (χ4n) is 7.98. The first kappa shape index (κ1) is 32.1. The van der Waals surface area contributed by atoms with E-state index >= 15 is 0 Å². The summed E-state index contributed by atoms with van der Waals surface area (Å²) in [5.41, 5.74) is 2.50. The molecule has 4 aliphatic heterocycles. The summed E-state index contributed by atoms with van der Waals surface area (Å²) in [6.07, 6.45) is 6.93. The van der Waals surface area contributed by atoms with Crippen LogP contribution in [0.2, 0.25) is 0 Å². The number of rotatable bonds is 7. The number of benzene rings is 2. The number of ether oxygens (including phenoxy) is 2. The van der Waals surface area contributed by atoms with Crippen LogP contribution in [0.15, 0.2) is 48.5 Å². The molecule has 1 N–H and O–H groups in total. The molecule has 0 amide bonds. The molecule has 42 heavy (non-hydrogen) atoms. The molecular weight excluding hydrogens is 761 g/mol. The third kappa shape index (κ3) is 6.99. The molecular formula is C33H41FI2N2O4. The number of alkyl halides is 1. The van der Waals surface area contributed by atoms with Gasteiger partial charge in [0.1, 0.15) is 0 Å². The van der Waals surface area contributed by atoms with E-state index in [1.54, 1.807) is 0 Å². The fraction of sp³-hybridized carbons (Fsp3) is 0.576. The predicted molar refractivity (Wildman–Crippen MR) is 178 cm³/mol. The van der Waals surface area contributed by atoms with Gasteiger partial charge < -0.3 is 14.8 Å². The van der Waals surface area contributed by atoms with Gasteiger partial charge in [-0.05, 0) is 126 Å². The summed E-state index contributed by atoms with van der Waals surface area (Å²) in [7, 11) is 2.97. The molecule has 6 rings (SSSR count). The van der Waals surface area contributed by atoms with Crippen molar-refractivity contribution in [3.8, 4) is 0 Å². The van der Waals surface area contributed by atoms with Gasteiger partial charge in [0.25, 0.3) is 0 Å². The molecule has 0 unspecified atom stereocenters. The molecule has 9 heteroatoms. The minimum absolute atomic E-state index is 0.0381. The number of nitrogens with zero attached hydrogens (tertiary/aromatic N) is 1. The maximum Gasteiger partial charge on any atom is 0.310 e. The van der Waals surface area contributed by atoms with Crippen molar-refractivity contribution in [3.05, 3.63) is 66.8 Å². The molecule has 2 aromatic carbocycles.